The number of nitrogens with one attached hydrogen (secondary N) is 1. The molecule has 0 aromatic rings. The minimum atomic E-state index is 0. The molecule has 3 saturated carbocycles. The van der Waals surface area contributed by atoms with Crippen LogP contribution in [-0.2, 0) is 4.79 Å². The van der Waals surface area contributed by atoms with Crippen molar-refractivity contribution in [3.8, 4) is 0 Å². The van der Waals surface area contributed by atoms with E-state index in [0.29, 0.717) is 11.8 Å². The lowest BCUT2D eigenvalue weighted by atomic mass is 9.84. The minimum absolute atomic E-state index is 0. The monoisotopic (exact) mass is 286 g/mol. The van der Waals surface area contributed by atoms with Crippen LogP contribution in [0.25, 0.3) is 0 Å². The lowest BCUT2D eigenvalue weighted by Gasteiger charge is -2.27. The quantitative estimate of drug-likeness (QED) is 0.834. The van der Waals surface area contributed by atoms with Gasteiger partial charge in [0.2, 0.25) is 5.91 Å². The molecule has 19 heavy (non-hydrogen) atoms. The molecule has 0 radical (unpaired) electrons. The van der Waals surface area contributed by atoms with Crippen molar-refractivity contribution in [1.82, 2.24) is 5.32 Å². The predicted octanol–water partition coefficient (Wildman–Crippen LogP) is 2.48. The molecule has 0 saturated heterocycles. The number of carbonyl (C=O) groups is 1. The molecule has 0 aromatic heterocycles. The fourth-order valence-corrected chi connectivity index (χ4v) is 4.54. The third-order valence-electron chi connectivity index (χ3n) is 5.61. The van der Waals surface area contributed by atoms with Crippen molar-refractivity contribution in [2.75, 3.05) is 6.54 Å². The Balaban J connectivity index is 0.00000133. The molecular weight excluding hydrogens is 260 g/mol. The van der Waals surface area contributed by atoms with E-state index in [4.69, 9.17) is 5.73 Å². The van der Waals surface area contributed by atoms with Crippen molar-refractivity contribution >= 4 is 18.3 Å². The van der Waals surface area contributed by atoms with Crippen LogP contribution in [-0.4, -0.2) is 18.5 Å². The zero-order valence-electron chi connectivity index (χ0n) is 11.6. The molecule has 3 aliphatic rings. The second kappa shape index (κ2) is 6.45. The highest BCUT2D eigenvalue weighted by atomic mass is 35.5. The molecule has 0 spiro atoms. The molecule has 3 rings (SSSR count). The lowest BCUT2D eigenvalue weighted by Crippen LogP contribution is -2.45. The summed E-state index contributed by atoms with van der Waals surface area (Å²) in [6.07, 6.45) is 10.3. The average molecular weight is 287 g/mol. The van der Waals surface area contributed by atoms with Gasteiger partial charge in [-0.3, -0.25) is 4.79 Å². The number of nitrogens with two attached hydrogens (primary N) is 1. The molecule has 3 aliphatic carbocycles. The van der Waals surface area contributed by atoms with Crippen molar-refractivity contribution in [2.45, 2.75) is 57.4 Å². The Labute approximate surface area is 122 Å². The van der Waals surface area contributed by atoms with Crippen LogP contribution in [0.3, 0.4) is 0 Å². The highest BCUT2D eigenvalue weighted by molar-refractivity contribution is 5.85. The molecule has 3 nitrogen and oxygen atoms in total. The maximum atomic E-state index is 12.2. The van der Waals surface area contributed by atoms with Crippen LogP contribution in [0.5, 0.6) is 0 Å². The summed E-state index contributed by atoms with van der Waals surface area (Å²) in [6, 6.07) is 0.134. The van der Waals surface area contributed by atoms with Gasteiger partial charge in [0, 0.05) is 12.6 Å². The molecule has 4 atom stereocenters. The molecule has 110 valence electrons. The smallest absolute Gasteiger partial charge is 0.224 e. The van der Waals surface area contributed by atoms with E-state index < -0.39 is 0 Å². The number of hydrogen-bond acceptors (Lipinski definition) is 2. The Hall–Kier alpha value is -0.280. The summed E-state index contributed by atoms with van der Waals surface area (Å²) in [5.74, 6) is 2.43. The lowest BCUT2D eigenvalue weighted by molar-refractivity contribution is -0.127. The summed E-state index contributed by atoms with van der Waals surface area (Å²) in [6.45, 7) is 0.865. The zero-order valence-corrected chi connectivity index (χ0v) is 12.5. The zero-order chi connectivity index (χ0) is 12.5. The Morgan fingerprint density at radius 1 is 1.11 bits per heavy atom. The maximum Gasteiger partial charge on any atom is 0.224 e. The SMILES string of the molecule is Cl.NC1C2CCC(C2)C1C(=O)NCCC1CCCC1. The summed E-state index contributed by atoms with van der Waals surface area (Å²) < 4.78 is 0. The Kier molecular flexibility index (Phi) is 5.13. The van der Waals surface area contributed by atoms with Crippen LogP contribution in [0.2, 0.25) is 0 Å². The highest BCUT2D eigenvalue weighted by Gasteiger charge is 2.48. The van der Waals surface area contributed by atoms with Crippen LogP contribution < -0.4 is 11.1 Å². The van der Waals surface area contributed by atoms with Crippen LogP contribution in [0.1, 0.15) is 51.4 Å². The van der Waals surface area contributed by atoms with Crippen molar-refractivity contribution in [3.05, 3.63) is 0 Å². The van der Waals surface area contributed by atoms with Gasteiger partial charge in [-0.15, -0.1) is 12.4 Å². The van der Waals surface area contributed by atoms with Crippen LogP contribution in [0.4, 0.5) is 0 Å². The van der Waals surface area contributed by atoms with Gasteiger partial charge in [-0.2, -0.15) is 0 Å². The van der Waals surface area contributed by atoms with E-state index in [-0.39, 0.29) is 30.3 Å². The van der Waals surface area contributed by atoms with E-state index in [1.54, 1.807) is 0 Å². The topological polar surface area (TPSA) is 55.1 Å². The Morgan fingerprint density at radius 2 is 1.79 bits per heavy atom. The molecule has 0 aromatic carbocycles. The number of halogens is 1. The van der Waals surface area contributed by atoms with Crippen molar-refractivity contribution < 1.29 is 4.79 Å². The van der Waals surface area contributed by atoms with Gasteiger partial charge in [0.05, 0.1) is 5.92 Å². The first-order valence-corrected chi connectivity index (χ1v) is 7.79. The summed E-state index contributed by atoms with van der Waals surface area (Å²) in [7, 11) is 0. The molecule has 3 N–H and O–H groups in total. The number of fused-ring (bicyclic) bond motifs is 2. The number of hydrogen-bond donors (Lipinski definition) is 2. The second-order valence-electron chi connectivity index (χ2n) is 6.67. The van der Waals surface area contributed by atoms with Crippen LogP contribution in [0, 0.1) is 23.7 Å². The van der Waals surface area contributed by atoms with E-state index in [9.17, 15) is 4.79 Å². The number of rotatable bonds is 4. The van der Waals surface area contributed by atoms with Gasteiger partial charge < -0.3 is 11.1 Å². The van der Waals surface area contributed by atoms with E-state index in [1.807, 2.05) is 0 Å². The summed E-state index contributed by atoms with van der Waals surface area (Å²) in [5.41, 5.74) is 6.20. The number of amides is 1. The van der Waals surface area contributed by atoms with Gasteiger partial charge in [0.15, 0.2) is 0 Å². The van der Waals surface area contributed by atoms with Gasteiger partial charge in [-0.1, -0.05) is 25.7 Å². The normalized spacial score (nSPS) is 37.3. The van der Waals surface area contributed by atoms with Gasteiger partial charge in [-0.05, 0) is 43.4 Å². The molecule has 0 heterocycles. The standard InChI is InChI=1S/C15H26N2O.ClH/c16-14-12-6-5-11(9-12)13(14)15(18)17-8-7-10-3-1-2-4-10;/h10-14H,1-9,16H2,(H,17,18);1H. The second-order valence-corrected chi connectivity index (χ2v) is 6.67. The van der Waals surface area contributed by atoms with Crippen LogP contribution in [0.15, 0.2) is 0 Å². The fraction of sp³-hybridized carbons (Fsp3) is 0.933. The third kappa shape index (κ3) is 3.08. The Morgan fingerprint density at radius 3 is 2.42 bits per heavy atom. The Bertz CT molecular complexity index is 315. The van der Waals surface area contributed by atoms with E-state index in [2.05, 4.69) is 5.32 Å². The molecular formula is C15H27ClN2O. The van der Waals surface area contributed by atoms with E-state index in [0.717, 1.165) is 12.5 Å². The molecule has 4 heteroatoms. The van der Waals surface area contributed by atoms with Crippen molar-refractivity contribution in [1.29, 1.82) is 0 Å². The van der Waals surface area contributed by atoms with E-state index in [1.165, 1.54) is 51.4 Å². The average Bonchev–Trinajstić information content (AvgIpc) is 3.03. The van der Waals surface area contributed by atoms with Crippen LogP contribution >= 0.6 is 12.4 Å². The number of carbonyl (C=O) groups excluding carboxylic acids is 1. The predicted molar refractivity (Wildman–Crippen MR) is 79.1 cm³/mol. The van der Waals surface area contributed by atoms with Crippen molar-refractivity contribution in [2.24, 2.45) is 29.4 Å². The fourth-order valence-electron chi connectivity index (χ4n) is 4.54. The first-order chi connectivity index (χ1) is 8.75. The van der Waals surface area contributed by atoms with Crippen molar-refractivity contribution in [3.63, 3.8) is 0 Å². The highest BCUT2D eigenvalue weighted by Crippen LogP contribution is 2.47. The van der Waals surface area contributed by atoms with Gasteiger partial charge in [0.25, 0.3) is 0 Å². The van der Waals surface area contributed by atoms with E-state index >= 15 is 0 Å². The molecule has 1 amide bonds. The van der Waals surface area contributed by atoms with Gasteiger partial charge in [0.1, 0.15) is 0 Å². The van der Waals surface area contributed by atoms with Gasteiger partial charge in [-0.25, -0.2) is 0 Å². The summed E-state index contributed by atoms with van der Waals surface area (Å²) in [4.78, 5) is 12.2. The summed E-state index contributed by atoms with van der Waals surface area (Å²) in [5, 5.41) is 3.15. The molecule has 2 bridgehead atoms. The third-order valence-corrected chi connectivity index (χ3v) is 5.61. The maximum absolute atomic E-state index is 12.2. The first kappa shape index (κ1) is 15.1. The first-order valence-electron chi connectivity index (χ1n) is 7.79. The summed E-state index contributed by atoms with van der Waals surface area (Å²) >= 11 is 0. The molecule has 4 unspecified atom stereocenters. The largest absolute Gasteiger partial charge is 0.356 e. The van der Waals surface area contributed by atoms with Gasteiger partial charge >= 0.3 is 0 Å². The molecule has 0 aliphatic heterocycles. The molecule has 3 fully saturated rings. The minimum Gasteiger partial charge on any atom is -0.356 e.